The Kier molecular flexibility index (Phi) is 9.28. The number of halogens is 3. The number of amides is 3. The van der Waals surface area contributed by atoms with Gasteiger partial charge in [-0.1, -0.05) is 53.5 Å². The summed E-state index contributed by atoms with van der Waals surface area (Å²) < 4.78 is 14.9. The highest BCUT2D eigenvalue weighted by Crippen LogP contribution is 2.32. The molecule has 46 heavy (non-hydrogen) atoms. The largest absolute Gasteiger partial charge is 0.508 e. The van der Waals surface area contributed by atoms with Gasteiger partial charge in [0, 0.05) is 25.9 Å². The van der Waals surface area contributed by atoms with E-state index in [1.54, 1.807) is 56.8 Å². The lowest BCUT2D eigenvalue weighted by atomic mass is 9.98. The second-order valence-corrected chi connectivity index (χ2v) is 12.9. The summed E-state index contributed by atoms with van der Waals surface area (Å²) in [6.07, 6.45) is 1.47. The molecule has 2 aliphatic heterocycles. The van der Waals surface area contributed by atoms with E-state index in [4.69, 9.17) is 23.2 Å². The third kappa shape index (κ3) is 6.32. The molecule has 2 saturated heterocycles. The Labute approximate surface area is 279 Å². The van der Waals surface area contributed by atoms with Crippen LogP contribution < -0.4 is 0 Å². The molecule has 4 aromatic rings. The molecule has 2 atom stereocenters. The zero-order valence-electron chi connectivity index (χ0n) is 24.6. The Balaban J connectivity index is 1.36. The number of piperazine rings is 1. The van der Waals surface area contributed by atoms with Gasteiger partial charge in [0.2, 0.25) is 17.7 Å². The first-order valence-electron chi connectivity index (χ1n) is 14.6. The molecule has 2 aliphatic rings. The highest BCUT2D eigenvalue weighted by atomic mass is 35.5. The summed E-state index contributed by atoms with van der Waals surface area (Å²) in [6.45, 7) is 4.09. The normalized spacial score (nSPS) is 18.7. The highest BCUT2D eigenvalue weighted by molar-refractivity contribution is 7.16. The van der Waals surface area contributed by atoms with Crippen LogP contribution >= 0.6 is 34.5 Å². The van der Waals surface area contributed by atoms with Crippen LogP contribution in [0.15, 0.2) is 72.8 Å². The van der Waals surface area contributed by atoms with Crippen LogP contribution in [0.2, 0.25) is 10.0 Å². The zero-order valence-corrected chi connectivity index (χ0v) is 26.9. The van der Waals surface area contributed by atoms with E-state index >= 15 is 0 Å². The first-order valence-corrected chi connectivity index (χ1v) is 16.3. The molecule has 0 aliphatic carbocycles. The number of carbonyl (C=O) groups excluding carboxylic acids is 3. The van der Waals surface area contributed by atoms with Gasteiger partial charge in [-0.2, -0.15) is 0 Å². The standard InChI is InChI=1S/C33H30Cl2FN5O4S/c1-2-13-39-18-30(44)40-27(15-21-3-8-23(42)9-4-21)33(45)38(16-22-7-11-26(36)32-31(22)37-19-46-32)17-28(40)41(39)29(43)12-6-20-5-10-24(34)25(35)14-20/h2-5,7-11,14,19,27-28,42H,1,6,12-13,15-18H2/t27-,28-/m0/s1. The summed E-state index contributed by atoms with van der Waals surface area (Å²) in [6, 6.07) is 13.7. The number of thiazole rings is 1. The molecular formula is C33H30Cl2FN5O4S. The molecule has 238 valence electrons. The molecule has 9 nitrogen and oxygen atoms in total. The molecule has 1 aromatic heterocycles. The first kappa shape index (κ1) is 31.9. The van der Waals surface area contributed by atoms with Crippen molar-refractivity contribution in [3.8, 4) is 5.75 Å². The van der Waals surface area contributed by atoms with Crippen LogP contribution in [0.3, 0.4) is 0 Å². The summed E-state index contributed by atoms with van der Waals surface area (Å²) in [4.78, 5) is 49.6. The second-order valence-electron chi connectivity index (χ2n) is 11.2. The van der Waals surface area contributed by atoms with Crippen molar-refractivity contribution in [3.05, 3.63) is 105 Å². The van der Waals surface area contributed by atoms with Gasteiger partial charge in [-0.25, -0.2) is 19.4 Å². The highest BCUT2D eigenvalue weighted by Gasteiger charge is 2.51. The Bertz CT molecular complexity index is 1820. The van der Waals surface area contributed by atoms with E-state index in [0.717, 1.165) is 11.1 Å². The third-order valence-electron chi connectivity index (χ3n) is 8.28. The van der Waals surface area contributed by atoms with E-state index in [9.17, 15) is 23.9 Å². The van der Waals surface area contributed by atoms with Crippen molar-refractivity contribution in [1.29, 1.82) is 0 Å². The molecule has 0 spiro atoms. The molecule has 0 unspecified atom stereocenters. The van der Waals surface area contributed by atoms with E-state index in [2.05, 4.69) is 11.6 Å². The lowest BCUT2D eigenvalue weighted by molar-refractivity contribution is -0.205. The predicted molar refractivity (Wildman–Crippen MR) is 175 cm³/mol. The van der Waals surface area contributed by atoms with Crippen LogP contribution in [0.4, 0.5) is 4.39 Å². The van der Waals surface area contributed by atoms with E-state index in [1.807, 2.05) is 6.07 Å². The summed E-state index contributed by atoms with van der Waals surface area (Å²) in [5, 5.41) is 13.9. The number of hydrazine groups is 1. The molecule has 1 N–H and O–H groups in total. The van der Waals surface area contributed by atoms with Crippen molar-refractivity contribution in [1.82, 2.24) is 24.8 Å². The SMILES string of the molecule is C=CCN1CC(=O)N2[C@@H](Cc3ccc(O)cc3)C(=O)N(Cc3ccc(F)c4scnc34)C[C@@H]2N1C(=O)CCc1ccc(Cl)c(Cl)c1. The summed E-state index contributed by atoms with van der Waals surface area (Å²) in [5.41, 5.74) is 4.26. The summed E-state index contributed by atoms with van der Waals surface area (Å²) >= 11 is 13.5. The molecule has 3 aromatic carbocycles. The minimum Gasteiger partial charge on any atom is -0.508 e. The molecule has 0 bridgehead atoms. The van der Waals surface area contributed by atoms with E-state index in [1.165, 1.54) is 34.4 Å². The number of rotatable bonds is 9. The maximum absolute atomic E-state index is 14.5. The number of phenolic OH excluding ortho intramolecular Hbond substituents is 1. The Hall–Kier alpha value is -4.03. The van der Waals surface area contributed by atoms with Crippen molar-refractivity contribution < 1.29 is 23.9 Å². The van der Waals surface area contributed by atoms with Crippen LogP contribution in [0.5, 0.6) is 5.75 Å². The van der Waals surface area contributed by atoms with Gasteiger partial charge in [-0.05, 0) is 53.4 Å². The molecule has 6 rings (SSSR count). The first-order chi connectivity index (χ1) is 22.1. The predicted octanol–water partition coefficient (Wildman–Crippen LogP) is 5.43. The molecule has 0 radical (unpaired) electrons. The number of phenols is 1. The van der Waals surface area contributed by atoms with Gasteiger partial charge in [0.1, 0.15) is 23.8 Å². The number of benzene rings is 3. The minimum atomic E-state index is -0.932. The molecular weight excluding hydrogens is 652 g/mol. The maximum Gasteiger partial charge on any atom is 0.246 e. The van der Waals surface area contributed by atoms with Gasteiger partial charge < -0.3 is 14.9 Å². The molecule has 3 amide bonds. The Morgan fingerprint density at radius 2 is 1.85 bits per heavy atom. The summed E-state index contributed by atoms with van der Waals surface area (Å²) in [5.74, 6) is -1.14. The van der Waals surface area contributed by atoms with Crippen LogP contribution in [-0.2, 0) is 33.8 Å². The van der Waals surface area contributed by atoms with Crippen LogP contribution in [0.1, 0.15) is 23.1 Å². The van der Waals surface area contributed by atoms with Crippen LogP contribution in [0, 0.1) is 5.82 Å². The van der Waals surface area contributed by atoms with Crippen molar-refractivity contribution in [2.75, 3.05) is 19.6 Å². The fourth-order valence-electron chi connectivity index (χ4n) is 6.13. The molecule has 3 heterocycles. The van der Waals surface area contributed by atoms with Crippen molar-refractivity contribution in [3.63, 3.8) is 0 Å². The van der Waals surface area contributed by atoms with Gasteiger partial charge in [0.15, 0.2) is 0 Å². The topological polar surface area (TPSA) is 97.3 Å². The number of hydrogen-bond donors (Lipinski definition) is 1. The van der Waals surface area contributed by atoms with Crippen LogP contribution in [-0.4, -0.2) is 79.5 Å². The molecule has 0 saturated carbocycles. The van der Waals surface area contributed by atoms with Crippen molar-refractivity contribution in [2.45, 2.75) is 38.0 Å². The van der Waals surface area contributed by atoms with Gasteiger partial charge in [0.25, 0.3) is 0 Å². The van der Waals surface area contributed by atoms with Crippen molar-refractivity contribution >= 4 is 62.5 Å². The van der Waals surface area contributed by atoms with Gasteiger partial charge >= 0.3 is 0 Å². The van der Waals surface area contributed by atoms with Gasteiger partial charge in [0.05, 0.1) is 38.9 Å². The minimum absolute atomic E-state index is 0.0335. The zero-order chi connectivity index (χ0) is 32.5. The van der Waals surface area contributed by atoms with E-state index < -0.39 is 12.2 Å². The molecule has 2 fully saturated rings. The monoisotopic (exact) mass is 681 g/mol. The number of fused-ring (bicyclic) bond motifs is 2. The number of nitrogens with zero attached hydrogens (tertiary/aromatic N) is 5. The van der Waals surface area contributed by atoms with Gasteiger partial charge in [-0.15, -0.1) is 17.9 Å². The second kappa shape index (κ2) is 13.4. The quantitative estimate of drug-likeness (QED) is 0.237. The Morgan fingerprint density at radius 1 is 1.09 bits per heavy atom. The number of hydrogen-bond acceptors (Lipinski definition) is 7. The number of carbonyl (C=O) groups is 3. The Morgan fingerprint density at radius 3 is 2.59 bits per heavy atom. The smallest absolute Gasteiger partial charge is 0.246 e. The number of aryl methyl sites for hydroxylation is 1. The number of aromatic hydroxyl groups is 1. The van der Waals surface area contributed by atoms with E-state index in [-0.39, 0.29) is 68.3 Å². The summed E-state index contributed by atoms with van der Waals surface area (Å²) in [7, 11) is 0. The third-order valence-corrected chi connectivity index (χ3v) is 9.86. The fraction of sp³-hybridized carbons (Fsp3) is 0.273. The van der Waals surface area contributed by atoms with E-state index in [0.29, 0.717) is 32.2 Å². The number of aromatic nitrogens is 1. The lowest BCUT2D eigenvalue weighted by Crippen LogP contribution is -2.75. The van der Waals surface area contributed by atoms with Crippen molar-refractivity contribution in [2.24, 2.45) is 0 Å². The fourth-order valence-corrected chi connectivity index (χ4v) is 7.19. The van der Waals surface area contributed by atoms with Gasteiger partial charge in [-0.3, -0.25) is 14.4 Å². The lowest BCUT2D eigenvalue weighted by Gasteiger charge is -2.55. The maximum atomic E-state index is 14.5. The molecule has 13 heteroatoms. The average Bonchev–Trinajstić information content (AvgIpc) is 3.54. The van der Waals surface area contributed by atoms with Crippen LogP contribution in [0.25, 0.3) is 10.2 Å². The average molecular weight is 683 g/mol.